The molecule has 0 bridgehead atoms. The number of nitrogens with zero attached hydrogens (tertiary/aromatic N) is 5. The van der Waals surface area contributed by atoms with E-state index >= 15 is 0 Å². The second kappa shape index (κ2) is 9.65. The van der Waals surface area contributed by atoms with Gasteiger partial charge in [-0.2, -0.15) is 0 Å². The van der Waals surface area contributed by atoms with Gasteiger partial charge in [-0.3, -0.25) is 4.90 Å². The highest BCUT2D eigenvalue weighted by atomic mass is 16.3. The molecule has 156 valence electrons. The third-order valence-corrected chi connectivity index (χ3v) is 6.25. The Bertz CT molecular complexity index is 773. The first kappa shape index (κ1) is 20.3. The first-order valence-electron chi connectivity index (χ1n) is 10.9. The van der Waals surface area contributed by atoms with Gasteiger partial charge in [0.15, 0.2) is 0 Å². The lowest BCUT2D eigenvalue weighted by molar-refractivity contribution is 0.152. The van der Waals surface area contributed by atoms with Crippen LogP contribution in [0.1, 0.15) is 42.0 Å². The van der Waals surface area contributed by atoms with E-state index in [1.165, 1.54) is 30.4 Å². The summed E-state index contributed by atoms with van der Waals surface area (Å²) < 4.78 is 0. The second-order valence-electron chi connectivity index (χ2n) is 8.34. The first-order chi connectivity index (χ1) is 14.2. The molecule has 6 nitrogen and oxygen atoms in total. The van der Waals surface area contributed by atoms with Gasteiger partial charge in [-0.05, 0) is 43.9 Å². The molecule has 1 fully saturated rings. The lowest BCUT2D eigenvalue weighted by atomic mass is 9.86. The first-order valence-corrected chi connectivity index (χ1v) is 10.9. The Balaban J connectivity index is 1.47. The van der Waals surface area contributed by atoms with E-state index in [1.807, 2.05) is 12.4 Å². The minimum Gasteiger partial charge on any atom is -0.396 e. The summed E-state index contributed by atoms with van der Waals surface area (Å²) in [4.78, 5) is 16.5. The molecule has 4 rings (SSSR count). The summed E-state index contributed by atoms with van der Waals surface area (Å²) in [6, 6.07) is 9.24. The Morgan fingerprint density at radius 3 is 2.62 bits per heavy atom. The Morgan fingerprint density at radius 1 is 1.10 bits per heavy atom. The van der Waals surface area contributed by atoms with Crippen molar-refractivity contribution in [2.45, 2.75) is 38.3 Å². The van der Waals surface area contributed by atoms with Gasteiger partial charge in [0.05, 0.1) is 0 Å². The van der Waals surface area contributed by atoms with Crippen LogP contribution in [-0.2, 0) is 13.0 Å². The van der Waals surface area contributed by atoms with Gasteiger partial charge in [-0.15, -0.1) is 0 Å². The largest absolute Gasteiger partial charge is 0.396 e. The molecule has 1 aliphatic carbocycles. The zero-order valence-electron chi connectivity index (χ0n) is 17.5. The molecule has 0 radical (unpaired) electrons. The molecular formula is C23H33N5O. The van der Waals surface area contributed by atoms with E-state index in [2.05, 4.69) is 56.0 Å². The van der Waals surface area contributed by atoms with Crippen molar-refractivity contribution in [1.82, 2.24) is 19.8 Å². The van der Waals surface area contributed by atoms with Crippen LogP contribution in [0.2, 0.25) is 0 Å². The van der Waals surface area contributed by atoms with Crippen LogP contribution in [0.5, 0.6) is 0 Å². The van der Waals surface area contributed by atoms with Crippen molar-refractivity contribution < 1.29 is 5.11 Å². The van der Waals surface area contributed by atoms with Crippen molar-refractivity contribution >= 4 is 5.95 Å². The number of likely N-dealkylation sites (N-methyl/N-ethyl adjacent to an activating group) is 1. The Hall–Kier alpha value is -2.02. The van der Waals surface area contributed by atoms with Gasteiger partial charge in [0, 0.05) is 69.9 Å². The average molecular weight is 396 g/mol. The quantitative estimate of drug-likeness (QED) is 0.777. The zero-order chi connectivity index (χ0) is 20.1. The molecule has 2 aliphatic rings. The maximum Gasteiger partial charge on any atom is 0.225 e. The van der Waals surface area contributed by atoms with E-state index in [0.29, 0.717) is 6.04 Å². The fourth-order valence-corrected chi connectivity index (χ4v) is 4.56. The van der Waals surface area contributed by atoms with Crippen molar-refractivity contribution in [3.05, 3.63) is 53.3 Å². The molecule has 0 unspecified atom stereocenters. The van der Waals surface area contributed by atoms with Gasteiger partial charge in [0.2, 0.25) is 5.95 Å². The molecule has 1 aromatic carbocycles. The molecule has 1 N–H and O–H groups in total. The number of aromatic nitrogens is 2. The van der Waals surface area contributed by atoms with Crippen LogP contribution in [-0.4, -0.2) is 71.3 Å². The van der Waals surface area contributed by atoms with E-state index in [0.717, 1.165) is 57.2 Å². The maximum atomic E-state index is 9.41. The SMILES string of the molecule is CN1CCN(c2ncc(CN(CCCO)[C@H]3CCCc4ccccc43)cn2)CC1. The number of fused-ring (bicyclic) bond motifs is 1. The molecule has 2 aromatic rings. The standard InChI is InChI=1S/C23H33N5O/c1-26-11-13-27(14-12-26)23-24-16-19(17-25-23)18-28(10-5-15-29)22-9-4-7-20-6-2-3-8-21(20)22/h2-3,6,8,16-17,22,29H,4-5,7,9-15,18H2,1H3/t22-/m0/s1. The van der Waals surface area contributed by atoms with Crippen molar-refractivity contribution in [3.8, 4) is 0 Å². The molecule has 1 atom stereocenters. The summed E-state index contributed by atoms with van der Waals surface area (Å²) in [6.45, 7) is 6.01. The minimum atomic E-state index is 0.226. The number of hydrogen-bond acceptors (Lipinski definition) is 6. The Labute approximate surface area is 174 Å². The molecular weight excluding hydrogens is 362 g/mol. The topological polar surface area (TPSA) is 55.7 Å². The summed E-state index contributed by atoms with van der Waals surface area (Å²) >= 11 is 0. The second-order valence-corrected chi connectivity index (χ2v) is 8.34. The highest BCUT2D eigenvalue weighted by molar-refractivity contribution is 5.33. The smallest absolute Gasteiger partial charge is 0.225 e. The van der Waals surface area contributed by atoms with Crippen LogP contribution in [0.3, 0.4) is 0 Å². The predicted molar refractivity (Wildman–Crippen MR) is 116 cm³/mol. The summed E-state index contributed by atoms with van der Waals surface area (Å²) in [5, 5.41) is 9.41. The molecule has 6 heteroatoms. The number of anilines is 1. The van der Waals surface area contributed by atoms with Crippen LogP contribution < -0.4 is 4.90 Å². The normalized spacial score (nSPS) is 20.1. The Morgan fingerprint density at radius 2 is 1.86 bits per heavy atom. The lowest BCUT2D eigenvalue weighted by Crippen LogP contribution is -2.45. The molecule has 0 spiro atoms. The van der Waals surface area contributed by atoms with Gasteiger partial charge >= 0.3 is 0 Å². The van der Waals surface area contributed by atoms with Crippen molar-refractivity contribution in [2.75, 3.05) is 51.3 Å². The van der Waals surface area contributed by atoms with Crippen molar-refractivity contribution in [2.24, 2.45) is 0 Å². The van der Waals surface area contributed by atoms with Crippen LogP contribution in [0.15, 0.2) is 36.7 Å². The van der Waals surface area contributed by atoms with Crippen LogP contribution >= 0.6 is 0 Å². The zero-order valence-corrected chi connectivity index (χ0v) is 17.5. The maximum absolute atomic E-state index is 9.41. The number of aryl methyl sites for hydroxylation is 1. The van der Waals surface area contributed by atoms with Gasteiger partial charge in [0.25, 0.3) is 0 Å². The minimum absolute atomic E-state index is 0.226. The van der Waals surface area contributed by atoms with E-state index < -0.39 is 0 Å². The van der Waals surface area contributed by atoms with Gasteiger partial charge in [-0.1, -0.05) is 24.3 Å². The average Bonchev–Trinajstić information content (AvgIpc) is 2.77. The van der Waals surface area contributed by atoms with Crippen LogP contribution in [0.25, 0.3) is 0 Å². The lowest BCUT2D eigenvalue weighted by Gasteiger charge is -2.36. The fraction of sp³-hybridized carbons (Fsp3) is 0.565. The molecule has 29 heavy (non-hydrogen) atoms. The van der Waals surface area contributed by atoms with E-state index in [9.17, 15) is 5.11 Å². The summed E-state index contributed by atoms with van der Waals surface area (Å²) in [5.41, 5.74) is 4.06. The van der Waals surface area contributed by atoms with E-state index in [1.54, 1.807) is 0 Å². The van der Waals surface area contributed by atoms with Crippen LogP contribution in [0, 0.1) is 0 Å². The number of aliphatic hydroxyl groups is 1. The van der Waals surface area contributed by atoms with Gasteiger partial charge < -0.3 is 14.9 Å². The molecule has 1 saturated heterocycles. The molecule has 0 saturated carbocycles. The monoisotopic (exact) mass is 395 g/mol. The third kappa shape index (κ3) is 4.94. The number of piperazine rings is 1. The molecule has 1 aliphatic heterocycles. The fourth-order valence-electron chi connectivity index (χ4n) is 4.56. The van der Waals surface area contributed by atoms with E-state index in [4.69, 9.17) is 0 Å². The summed E-state index contributed by atoms with van der Waals surface area (Å²) in [7, 11) is 2.16. The van der Waals surface area contributed by atoms with E-state index in [-0.39, 0.29) is 6.61 Å². The molecule has 0 amide bonds. The van der Waals surface area contributed by atoms with Crippen molar-refractivity contribution in [3.63, 3.8) is 0 Å². The summed E-state index contributed by atoms with van der Waals surface area (Å²) in [6.07, 6.45) is 8.32. The third-order valence-electron chi connectivity index (χ3n) is 6.25. The molecule has 1 aromatic heterocycles. The molecule has 2 heterocycles. The number of rotatable bonds is 7. The number of hydrogen-bond donors (Lipinski definition) is 1. The van der Waals surface area contributed by atoms with Gasteiger partial charge in [-0.25, -0.2) is 9.97 Å². The number of benzene rings is 1. The highest BCUT2D eigenvalue weighted by Gasteiger charge is 2.26. The summed E-state index contributed by atoms with van der Waals surface area (Å²) in [5.74, 6) is 0.840. The van der Waals surface area contributed by atoms with Gasteiger partial charge in [0.1, 0.15) is 0 Å². The van der Waals surface area contributed by atoms with Crippen molar-refractivity contribution in [1.29, 1.82) is 0 Å². The predicted octanol–water partition coefficient (Wildman–Crippen LogP) is 2.49. The van der Waals surface area contributed by atoms with Crippen LogP contribution in [0.4, 0.5) is 5.95 Å². The Kier molecular flexibility index (Phi) is 6.74. The number of aliphatic hydroxyl groups excluding tert-OH is 1. The highest BCUT2D eigenvalue weighted by Crippen LogP contribution is 2.35.